The fourth-order valence-electron chi connectivity index (χ4n) is 7.93. The Bertz CT molecular complexity index is 1550. The first-order valence-electron chi connectivity index (χ1n) is 15.3. The predicted octanol–water partition coefficient (Wildman–Crippen LogP) is 4.24. The third kappa shape index (κ3) is 4.33. The predicted molar refractivity (Wildman–Crippen MR) is 159 cm³/mol. The van der Waals surface area contributed by atoms with Crippen molar-refractivity contribution in [1.82, 2.24) is 20.0 Å². The second-order valence-corrected chi connectivity index (χ2v) is 12.4. The third-order valence-electron chi connectivity index (χ3n) is 10.1. The Hall–Kier alpha value is -3.68. The normalized spacial score (nSPS) is 25.9. The topological polar surface area (TPSA) is 127 Å². The van der Waals surface area contributed by atoms with Crippen molar-refractivity contribution in [3.8, 4) is 23.5 Å². The van der Waals surface area contributed by atoms with E-state index in [9.17, 15) is 5.26 Å². The first-order chi connectivity index (χ1) is 20.4. The number of aromatic nitrogens is 3. The number of hydrogen-bond acceptors (Lipinski definition) is 10. The van der Waals surface area contributed by atoms with Crippen molar-refractivity contribution in [2.24, 2.45) is 0 Å². The van der Waals surface area contributed by atoms with E-state index in [1.807, 2.05) is 12.1 Å². The molecule has 2 N–H and O–H groups in total. The number of nitriles is 1. The molecule has 42 heavy (non-hydrogen) atoms. The summed E-state index contributed by atoms with van der Waals surface area (Å²) >= 11 is 0. The second kappa shape index (κ2) is 10.5. The van der Waals surface area contributed by atoms with Crippen molar-refractivity contribution in [3.63, 3.8) is 0 Å². The van der Waals surface area contributed by atoms with Crippen molar-refractivity contribution in [3.05, 3.63) is 46.2 Å². The number of nitrogens with zero attached hydrogens (tertiary/aromatic N) is 6. The maximum Gasteiger partial charge on any atom is 0.219 e. The molecule has 7 rings (SSSR count). The Kier molecular flexibility index (Phi) is 6.82. The molecule has 4 heterocycles. The molecule has 0 saturated carbocycles. The van der Waals surface area contributed by atoms with E-state index in [0.29, 0.717) is 34.7 Å². The average Bonchev–Trinajstić information content (AvgIpc) is 3.80. The van der Waals surface area contributed by atoms with Gasteiger partial charge in [-0.2, -0.15) is 10.2 Å². The number of likely N-dealkylation sites (N-methyl/N-ethyl adjacent to an activating group) is 1. The fourth-order valence-corrected chi connectivity index (χ4v) is 7.93. The Morgan fingerprint density at radius 2 is 2.05 bits per heavy atom. The summed E-state index contributed by atoms with van der Waals surface area (Å²) in [5.74, 6) is 2.72. The summed E-state index contributed by atoms with van der Waals surface area (Å²) in [6.45, 7) is 4.83. The molecule has 3 aromatic rings. The number of methoxy groups -OCH3 is 1. The van der Waals surface area contributed by atoms with Crippen molar-refractivity contribution in [1.29, 1.82) is 5.26 Å². The Labute approximate surface area is 246 Å². The van der Waals surface area contributed by atoms with Gasteiger partial charge in [0, 0.05) is 43.6 Å². The second-order valence-electron chi connectivity index (χ2n) is 12.4. The van der Waals surface area contributed by atoms with Crippen LogP contribution in [0.4, 0.5) is 11.5 Å². The molecule has 0 radical (unpaired) electrons. The highest BCUT2D eigenvalue weighted by Crippen LogP contribution is 2.54. The highest BCUT2D eigenvalue weighted by Gasteiger charge is 2.49. The number of likely N-dealkylation sites (tertiary alicyclic amines) is 1. The van der Waals surface area contributed by atoms with Gasteiger partial charge in [-0.05, 0) is 89.1 Å². The van der Waals surface area contributed by atoms with Crippen LogP contribution >= 0.6 is 0 Å². The lowest BCUT2D eigenvalue weighted by atomic mass is 9.68. The Morgan fingerprint density at radius 1 is 1.17 bits per heavy atom. The van der Waals surface area contributed by atoms with Gasteiger partial charge in [0.15, 0.2) is 17.3 Å². The number of aryl methyl sites for hydroxylation is 1. The number of fused-ring (bicyclic) bond motifs is 4. The molecule has 0 bridgehead atoms. The number of nitrogens with two attached hydrogens (primary N) is 1. The van der Waals surface area contributed by atoms with E-state index >= 15 is 0 Å². The Morgan fingerprint density at radius 3 is 2.81 bits per heavy atom. The van der Waals surface area contributed by atoms with Gasteiger partial charge < -0.3 is 24.6 Å². The first kappa shape index (κ1) is 27.2. The van der Waals surface area contributed by atoms with Crippen LogP contribution < -0.4 is 15.4 Å². The highest BCUT2D eigenvalue weighted by atomic mass is 16.5. The number of hydrogen-bond donors (Lipinski definition) is 1. The summed E-state index contributed by atoms with van der Waals surface area (Å²) in [5.41, 5.74) is 10.9. The molecule has 2 aliphatic carbocycles. The van der Waals surface area contributed by atoms with Crippen molar-refractivity contribution in [2.75, 3.05) is 44.4 Å². The SMILES string of the molecule is COC1CCN(c2cc(OC(C)C3CCCN3C)nc(-c3noc4c3CCCC43CCc4ccc(N)c(C#N)c43)n2)C1. The number of anilines is 2. The molecule has 4 atom stereocenters. The van der Waals surface area contributed by atoms with Gasteiger partial charge in [-0.15, -0.1) is 0 Å². The molecule has 0 amide bonds. The first-order valence-corrected chi connectivity index (χ1v) is 15.3. The maximum absolute atomic E-state index is 10.1. The lowest BCUT2D eigenvalue weighted by Crippen LogP contribution is -2.38. The molecule has 1 spiro atoms. The molecule has 1 aromatic carbocycles. The third-order valence-corrected chi connectivity index (χ3v) is 10.1. The summed E-state index contributed by atoms with van der Waals surface area (Å²) in [4.78, 5) is 14.6. The lowest BCUT2D eigenvalue weighted by Gasteiger charge is -2.33. The van der Waals surface area contributed by atoms with Gasteiger partial charge in [-0.25, -0.2) is 4.98 Å². The largest absolute Gasteiger partial charge is 0.473 e. The standard InChI is InChI=1S/C32H39N7O3/c1-19(25-7-5-14-38(25)2)41-27-16-26(39-15-11-21(18-39)40-3)35-31(36-27)29-22-6-4-12-32(30(22)42-37-29)13-10-20-8-9-24(34)23(17-33)28(20)32/h8-9,16,19,21,25H,4-7,10-15,18,34H2,1-3H3. The van der Waals surface area contributed by atoms with Crippen LogP contribution in [0.2, 0.25) is 0 Å². The minimum atomic E-state index is -0.409. The summed E-state index contributed by atoms with van der Waals surface area (Å²) < 4.78 is 18.4. The summed E-state index contributed by atoms with van der Waals surface area (Å²) in [7, 11) is 3.92. The van der Waals surface area contributed by atoms with Crippen LogP contribution in [0.5, 0.6) is 5.88 Å². The van der Waals surface area contributed by atoms with Crippen LogP contribution in [0.3, 0.4) is 0 Å². The lowest BCUT2D eigenvalue weighted by molar-refractivity contribution is 0.117. The molecule has 2 saturated heterocycles. The van der Waals surface area contributed by atoms with Crippen LogP contribution in [-0.2, 0) is 23.0 Å². The maximum atomic E-state index is 10.1. The molecular formula is C32H39N7O3. The molecule has 2 fully saturated rings. The van der Waals surface area contributed by atoms with E-state index < -0.39 is 5.41 Å². The summed E-state index contributed by atoms with van der Waals surface area (Å²) in [5, 5.41) is 14.7. The van der Waals surface area contributed by atoms with Gasteiger partial charge in [0.25, 0.3) is 0 Å². The molecule has 220 valence electrons. The van der Waals surface area contributed by atoms with Gasteiger partial charge >= 0.3 is 0 Å². The van der Waals surface area contributed by atoms with E-state index in [1.54, 1.807) is 7.11 Å². The van der Waals surface area contributed by atoms with Gasteiger partial charge in [-0.1, -0.05) is 11.2 Å². The zero-order chi connectivity index (χ0) is 29.0. The zero-order valence-electron chi connectivity index (χ0n) is 24.7. The molecular weight excluding hydrogens is 530 g/mol. The number of ether oxygens (including phenoxy) is 2. The van der Waals surface area contributed by atoms with E-state index in [0.717, 1.165) is 87.3 Å². The fraction of sp³-hybridized carbons (Fsp3) is 0.562. The van der Waals surface area contributed by atoms with Crippen molar-refractivity contribution < 1.29 is 14.0 Å². The van der Waals surface area contributed by atoms with E-state index in [-0.39, 0.29) is 12.2 Å². The van der Waals surface area contributed by atoms with Crippen LogP contribution in [-0.4, -0.2) is 72.1 Å². The van der Waals surface area contributed by atoms with Crippen molar-refractivity contribution >= 4 is 11.5 Å². The Balaban J connectivity index is 1.30. The smallest absolute Gasteiger partial charge is 0.219 e. The monoisotopic (exact) mass is 569 g/mol. The minimum Gasteiger partial charge on any atom is -0.473 e. The average molecular weight is 570 g/mol. The van der Waals surface area contributed by atoms with Gasteiger partial charge in [0.05, 0.1) is 17.1 Å². The summed E-state index contributed by atoms with van der Waals surface area (Å²) in [6.07, 6.45) is 7.81. The number of nitrogen functional groups attached to an aromatic ring is 1. The van der Waals surface area contributed by atoms with E-state index in [4.69, 9.17) is 29.7 Å². The molecule has 10 nitrogen and oxygen atoms in total. The van der Waals surface area contributed by atoms with Crippen LogP contribution in [0.1, 0.15) is 73.5 Å². The van der Waals surface area contributed by atoms with Crippen molar-refractivity contribution in [2.45, 2.75) is 82.0 Å². The highest BCUT2D eigenvalue weighted by molar-refractivity contribution is 5.68. The molecule has 4 unspecified atom stereocenters. The quantitative estimate of drug-likeness (QED) is 0.431. The van der Waals surface area contributed by atoms with Crippen LogP contribution in [0.25, 0.3) is 11.5 Å². The molecule has 10 heteroatoms. The van der Waals surface area contributed by atoms with Crippen LogP contribution in [0, 0.1) is 11.3 Å². The molecule has 4 aliphatic rings. The van der Waals surface area contributed by atoms with E-state index in [1.165, 1.54) is 12.0 Å². The zero-order valence-corrected chi connectivity index (χ0v) is 24.7. The minimum absolute atomic E-state index is 0.0160. The van der Waals surface area contributed by atoms with Gasteiger partial charge in [0.1, 0.15) is 18.0 Å². The number of rotatable bonds is 6. The van der Waals surface area contributed by atoms with E-state index in [2.05, 4.69) is 41.1 Å². The number of benzene rings is 1. The van der Waals surface area contributed by atoms with Gasteiger partial charge in [-0.3, -0.25) is 4.90 Å². The molecule has 2 aromatic heterocycles. The summed E-state index contributed by atoms with van der Waals surface area (Å²) in [6, 6.07) is 8.60. The van der Waals surface area contributed by atoms with Crippen LogP contribution in [0.15, 0.2) is 22.7 Å². The molecule has 2 aliphatic heterocycles. The van der Waals surface area contributed by atoms with Gasteiger partial charge in [0.2, 0.25) is 5.88 Å².